The number of hydrogen-bond acceptors (Lipinski definition) is 6. The van der Waals surface area contributed by atoms with Crippen LogP contribution in [0.2, 0.25) is 0 Å². The SMILES string of the molecule is COC(=O)c1c(C2CCCC2)nc(NCc2ccccc2)c(COC2CCCCO2)c1-c1ccc(F)cc1. The second kappa shape index (κ2) is 12.5. The first-order valence-electron chi connectivity index (χ1n) is 13.6. The summed E-state index contributed by atoms with van der Waals surface area (Å²) in [6, 6.07) is 16.3. The van der Waals surface area contributed by atoms with Crippen molar-refractivity contribution in [3.63, 3.8) is 0 Å². The van der Waals surface area contributed by atoms with E-state index in [-0.39, 0.29) is 24.6 Å². The van der Waals surface area contributed by atoms with E-state index in [4.69, 9.17) is 19.2 Å². The quantitative estimate of drug-likeness (QED) is 0.308. The molecule has 1 unspecified atom stereocenters. The Balaban J connectivity index is 1.66. The predicted octanol–water partition coefficient (Wildman–Crippen LogP) is 6.99. The molecule has 1 aliphatic carbocycles. The number of carbonyl (C=O) groups excluding carboxylic acids is 1. The zero-order valence-corrected chi connectivity index (χ0v) is 21.9. The van der Waals surface area contributed by atoms with Gasteiger partial charge < -0.3 is 19.5 Å². The van der Waals surface area contributed by atoms with Gasteiger partial charge in [0.1, 0.15) is 11.6 Å². The fourth-order valence-electron chi connectivity index (χ4n) is 5.47. The van der Waals surface area contributed by atoms with Crippen LogP contribution in [0.3, 0.4) is 0 Å². The van der Waals surface area contributed by atoms with Gasteiger partial charge in [-0.25, -0.2) is 14.2 Å². The second-order valence-corrected chi connectivity index (χ2v) is 10.0. The number of halogens is 1. The van der Waals surface area contributed by atoms with Crippen LogP contribution in [-0.2, 0) is 27.4 Å². The van der Waals surface area contributed by atoms with Gasteiger partial charge in [-0.05, 0) is 55.4 Å². The highest BCUT2D eigenvalue weighted by Crippen LogP contribution is 2.42. The number of pyridine rings is 1. The lowest BCUT2D eigenvalue weighted by Gasteiger charge is -2.26. The molecule has 2 aliphatic rings. The highest BCUT2D eigenvalue weighted by Gasteiger charge is 2.32. The lowest BCUT2D eigenvalue weighted by Crippen LogP contribution is -2.23. The van der Waals surface area contributed by atoms with E-state index in [0.717, 1.165) is 67.3 Å². The third-order valence-corrected chi connectivity index (χ3v) is 7.44. The number of benzene rings is 2. The number of esters is 1. The fourth-order valence-corrected chi connectivity index (χ4v) is 5.47. The van der Waals surface area contributed by atoms with Crippen LogP contribution in [-0.4, -0.2) is 31.0 Å². The first kappa shape index (κ1) is 26.3. The molecule has 1 saturated carbocycles. The zero-order valence-electron chi connectivity index (χ0n) is 21.9. The van der Waals surface area contributed by atoms with Crippen molar-refractivity contribution in [3.05, 3.63) is 82.8 Å². The lowest BCUT2D eigenvalue weighted by atomic mass is 9.89. The Morgan fingerprint density at radius 2 is 1.76 bits per heavy atom. The van der Waals surface area contributed by atoms with E-state index in [1.807, 2.05) is 18.2 Å². The van der Waals surface area contributed by atoms with E-state index in [1.54, 1.807) is 12.1 Å². The number of ether oxygens (including phenoxy) is 3. The molecule has 0 bridgehead atoms. The fraction of sp³-hybridized carbons (Fsp3) is 0.419. The van der Waals surface area contributed by atoms with E-state index in [0.29, 0.717) is 30.1 Å². The molecule has 0 radical (unpaired) electrons. The topological polar surface area (TPSA) is 69.7 Å². The highest BCUT2D eigenvalue weighted by molar-refractivity contribution is 6.00. The van der Waals surface area contributed by atoms with E-state index in [2.05, 4.69) is 17.4 Å². The Bertz CT molecular complexity index is 1220. The smallest absolute Gasteiger partial charge is 0.340 e. The summed E-state index contributed by atoms with van der Waals surface area (Å²) in [4.78, 5) is 18.5. The summed E-state index contributed by atoms with van der Waals surface area (Å²) in [5.41, 5.74) is 4.43. The Hall–Kier alpha value is -3.29. The van der Waals surface area contributed by atoms with Crippen molar-refractivity contribution in [3.8, 4) is 11.1 Å². The molecular weight excluding hydrogens is 483 g/mol. The normalized spacial score (nSPS) is 17.9. The Morgan fingerprint density at radius 3 is 2.45 bits per heavy atom. The molecule has 2 fully saturated rings. The molecule has 38 heavy (non-hydrogen) atoms. The molecule has 1 atom stereocenters. The summed E-state index contributed by atoms with van der Waals surface area (Å²) in [5, 5.41) is 3.53. The van der Waals surface area contributed by atoms with Gasteiger partial charge in [0.2, 0.25) is 0 Å². The van der Waals surface area contributed by atoms with E-state index in [1.165, 1.54) is 19.2 Å². The van der Waals surface area contributed by atoms with Crippen molar-refractivity contribution in [2.45, 2.75) is 70.3 Å². The van der Waals surface area contributed by atoms with Gasteiger partial charge in [-0.3, -0.25) is 0 Å². The zero-order chi connectivity index (χ0) is 26.3. The van der Waals surface area contributed by atoms with Crippen LogP contribution in [0.4, 0.5) is 10.2 Å². The largest absolute Gasteiger partial charge is 0.465 e. The summed E-state index contributed by atoms with van der Waals surface area (Å²) in [6.45, 7) is 1.42. The van der Waals surface area contributed by atoms with Crippen LogP contribution in [0.5, 0.6) is 0 Å². The maximum absolute atomic E-state index is 14.0. The Kier molecular flexibility index (Phi) is 8.66. The van der Waals surface area contributed by atoms with Gasteiger partial charge in [-0.15, -0.1) is 0 Å². The van der Waals surface area contributed by atoms with E-state index in [9.17, 15) is 9.18 Å². The summed E-state index contributed by atoms with van der Waals surface area (Å²) < 4.78 is 31.4. The maximum atomic E-state index is 14.0. The Labute approximate surface area is 223 Å². The van der Waals surface area contributed by atoms with Crippen LogP contribution in [0.25, 0.3) is 11.1 Å². The summed E-state index contributed by atoms with van der Waals surface area (Å²) in [7, 11) is 1.39. The standard InChI is InChI=1S/C31H35FN2O4/c1-36-31(35)28-27(22-14-16-24(32)17-15-22)25(20-38-26-13-7-8-18-37-26)30(33-19-21-9-3-2-4-10-21)34-29(28)23-11-5-6-12-23/h2-4,9-10,14-17,23,26H,5-8,11-13,18-20H2,1H3,(H,33,34). The van der Waals surface area contributed by atoms with Crippen molar-refractivity contribution in [1.82, 2.24) is 4.98 Å². The van der Waals surface area contributed by atoms with Gasteiger partial charge in [0.25, 0.3) is 0 Å². The van der Waals surface area contributed by atoms with E-state index < -0.39 is 5.97 Å². The van der Waals surface area contributed by atoms with Crippen molar-refractivity contribution >= 4 is 11.8 Å². The number of carbonyl (C=O) groups is 1. The average Bonchev–Trinajstić information content (AvgIpc) is 3.51. The highest BCUT2D eigenvalue weighted by atomic mass is 19.1. The third-order valence-electron chi connectivity index (χ3n) is 7.44. The van der Waals surface area contributed by atoms with Gasteiger partial charge >= 0.3 is 5.97 Å². The molecule has 200 valence electrons. The molecule has 7 heteroatoms. The third kappa shape index (κ3) is 6.05. The van der Waals surface area contributed by atoms with Crippen molar-refractivity contribution in [2.24, 2.45) is 0 Å². The predicted molar refractivity (Wildman–Crippen MR) is 144 cm³/mol. The lowest BCUT2D eigenvalue weighted by molar-refractivity contribution is -0.168. The minimum absolute atomic E-state index is 0.150. The minimum atomic E-state index is -0.441. The van der Waals surface area contributed by atoms with Crippen LogP contribution in [0, 0.1) is 5.82 Å². The first-order valence-corrected chi connectivity index (χ1v) is 13.6. The van der Waals surface area contributed by atoms with Gasteiger partial charge in [-0.2, -0.15) is 0 Å². The molecule has 1 N–H and O–H groups in total. The number of aromatic nitrogens is 1. The number of rotatable bonds is 9. The monoisotopic (exact) mass is 518 g/mol. The first-order chi connectivity index (χ1) is 18.6. The Morgan fingerprint density at radius 1 is 1.03 bits per heavy atom. The van der Waals surface area contributed by atoms with Crippen LogP contribution < -0.4 is 5.32 Å². The van der Waals surface area contributed by atoms with Gasteiger partial charge in [0, 0.05) is 30.2 Å². The molecule has 2 aromatic carbocycles. The molecule has 5 rings (SSSR count). The second-order valence-electron chi connectivity index (χ2n) is 10.0. The number of anilines is 1. The van der Waals surface area contributed by atoms with Crippen LogP contribution >= 0.6 is 0 Å². The number of nitrogens with one attached hydrogen (secondary N) is 1. The minimum Gasteiger partial charge on any atom is -0.465 e. The van der Waals surface area contributed by atoms with Gasteiger partial charge in [-0.1, -0.05) is 55.3 Å². The molecule has 1 saturated heterocycles. The molecule has 3 aromatic rings. The van der Waals surface area contributed by atoms with Crippen molar-refractivity contribution < 1.29 is 23.4 Å². The van der Waals surface area contributed by atoms with Crippen LogP contribution in [0.1, 0.15) is 78.0 Å². The molecule has 1 aliphatic heterocycles. The molecule has 0 spiro atoms. The summed E-state index contributed by atoms with van der Waals surface area (Å²) >= 11 is 0. The molecular formula is C31H35FN2O4. The van der Waals surface area contributed by atoms with Gasteiger partial charge in [0.15, 0.2) is 6.29 Å². The van der Waals surface area contributed by atoms with Crippen molar-refractivity contribution in [1.29, 1.82) is 0 Å². The number of nitrogens with zero attached hydrogens (tertiary/aromatic N) is 1. The number of methoxy groups -OCH3 is 1. The van der Waals surface area contributed by atoms with E-state index >= 15 is 0 Å². The average molecular weight is 519 g/mol. The molecule has 1 aromatic heterocycles. The van der Waals surface area contributed by atoms with Crippen molar-refractivity contribution in [2.75, 3.05) is 19.0 Å². The number of hydrogen-bond donors (Lipinski definition) is 1. The molecule has 0 amide bonds. The summed E-state index contributed by atoms with van der Waals surface area (Å²) in [5.74, 6) is 0.0357. The van der Waals surface area contributed by atoms with Crippen LogP contribution in [0.15, 0.2) is 54.6 Å². The maximum Gasteiger partial charge on any atom is 0.340 e. The molecule has 2 heterocycles. The molecule has 6 nitrogen and oxygen atoms in total. The van der Waals surface area contributed by atoms with Gasteiger partial charge in [0.05, 0.1) is 25.0 Å². The summed E-state index contributed by atoms with van der Waals surface area (Å²) in [6.07, 6.45) is 6.67.